The van der Waals surface area contributed by atoms with Crippen LogP contribution < -0.4 is 14.2 Å². The van der Waals surface area contributed by atoms with Crippen molar-refractivity contribution in [3.8, 4) is 11.5 Å². The number of hydrogen-bond acceptors (Lipinski definition) is 5. The Morgan fingerprint density at radius 2 is 1.65 bits per heavy atom. The van der Waals surface area contributed by atoms with E-state index in [4.69, 9.17) is 9.47 Å². The number of anilines is 1. The molecule has 0 atom stereocenters. The van der Waals surface area contributed by atoms with Gasteiger partial charge in [-0.05, 0) is 73.4 Å². The van der Waals surface area contributed by atoms with E-state index in [-0.39, 0.29) is 10.8 Å². The molecule has 1 N–H and O–H groups in total. The van der Waals surface area contributed by atoms with Gasteiger partial charge < -0.3 is 14.4 Å². The quantitative estimate of drug-likeness (QED) is 0.516. The zero-order valence-electron chi connectivity index (χ0n) is 19.0. The normalized spacial score (nSPS) is 14.4. The molecule has 0 aromatic heterocycles. The van der Waals surface area contributed by atoms with Crippen LogP contribution >= 0.6 is 0 Å². The minimum absolute atomic E-state index is 0.0420. The van der Waals surface area contributed by atoms with Gasteiger partial charge in [0.05, 0.1) is 18.6 Å². The molecule has 0 bridgehead atoms. The molecule has 1 heterocycles. The van der Waals surface area contributed by atoms with Crippen molar-refractivity contribution in [2.75, 3.05) is 31.5 Å². The van der Waals surface area contributed by atoms with E-state index < -0.39 is 10.0 Å². The molecule has 3 aromatic rings. The van der Waals surface area contributed by atoms with Gasteiger partial charge in [-0.2, -0.15) is 0 Å². The van der Waals surface area contributed by atoms with Crippen LogP contribution in [0.15, 0.2) is 83.8 Å². The van der Waals surface area contributed by atoms with Crippen LogP contribution in [0.4, 0.5) is 5.69 Å². The number of nitrogens with zero attached hydrogens (tertiary/aromatic N) is 1. The average Bonchev–Trinajstić information content (AvgIpc) is 2.88. The monoisotopic (exact) mass is 480 g/mol. The molecule has 8 heteroatoms. The lowest BCUT2D eigenvalue weighted by atomic mass is 9.97. The highest BCUT2D eigenvalue weighted by molar-refractivity contribution is 7.92. The Labute approximate surface area is 200 Å². The van der Waals surface area contributed by atoms with Crippen LogP contribution in [0, 0.1) is 5.92 Å². The van der Waals surface area contributed by atoms with Crippen molar-refractivity contribution in [2.45, 2.75) is 17.7 Å². The molecule has 1 fully saturated rings. The number of rotatable bonds is 8. The summed E-state index contributed by atoms with van der Waals surface area (Å²) in [6, 6.07) is 22.4. The number of benzene rings is 3. The van der Waals surface area contributed by atoms with E-state index in [1.54, 1.807) is 48.4 Å². The number of methoxy groups -OCH3 is 1. The van der Waals surface area contributed by atoms with E-state index in [9.17, 15) is 13.2 Å². The molecule has 4 rings (SSSR count). The first kappa shape index (κ1) is 23.6. The molecule has 0 radical (unpaired) electrons. The summed E-state index contributed by atoms with van der Waals surface area (Å²) in [7, 11) is -2.30. The molecule has 1 saturated heterocycles. The molecule has 0 aliphatic carbocycles. The highest BCUT2D eigenvalue weighted by Gasteiger charge is 2.25. The molecule has 0 unspecified atom stereocenters. The number of sulfonamides is 1. The highest BCUT2D eigenvalue weighted by Crippen LogP contribution is 2.23. The summed E-state index contributed by atoms with van der Waals surface area (Å²) in [5, 5.41) is 0. The van der Waals surface area contributed by atoms with Crippen LogP contribution in [0.2, 0.25) is 0 Å². The van der Waals surface area contributed by atoms with Gasteiger partial charge in [-0.3, -0.25) is 9.52 Å². The summed E-state index contributed by atoms with van der Waals surface area (Å²) in [6.07, 6.45) is 1.69. The summed E-state index contributed by atoms with van der Waals surface area (Å²) in [5.74, 6) is 1.70. The van der Waals surface area contributed by atoms with E-state index in [0.717, 1.165) is 18.6 Å². The molecule has 1 aliphatic rings. The van der Waals surface area contributed by atoms with E-state index in [0.29, 0.717) is 42.6 Å². The number of para-hydroxylation sites is 1. The molecule has 0 spiro atoms. The van der Waals surface area contributed by atoms with E-state index in [2.05, 4.69) is 4.72 Å². The molecular weight excluding hydrogens is 452 g/mol. The molecule has 0 saturated carbocycles. The van der Waals surface area contributed by atoms with Crippen molar-refractivity contribution in [3.05, 3.63) is 84.4 Å². The second-order valence-electron chi connectivity index (χ2n) is 8.22. The third kappa shape index (κ3) is 5.88. The Morgan fingerprint density at radius 3 is 2.32 bits per heavy atom. The van der Waals surface area contributed by atoms with Gasteiger partial charge in [0.25, 0.3) is 15.9 Å². The molecule has 34 heavy (non-hydrogen) atoms. The maximum absolute atomic E-state index is 13.1. The maximum Gasteiger partial charge on any atom is 0.261 e. The Bertz CT molecular complexity index is 1210. The van der Waals surface area contributed by atoms with Gasteiger partial charge in [0.1, 0.15) is 11.5 Å². The number of carbonyl (C=O) groups excluding carboxylic acids is 1. The second-order valence-corrected chi connectivity index (χ2v) is 9.90. The van der Waals surface area contributed by atoms with Crippen LogP contribution in [-0.4, -0.2) is 46.0 Å². The summed E-state index contributed by atoms with van der Waals surface area (Å²) >= 11 is 0. The van der Waals surface area contributed by atoms with Gasteiger partial charge in [0.2, 0.25) is 0 Å². The van der Waals surface area contributed by atoms with Crippen LogP contribution in [0.1, 0.15) is 23.2 Å². The number of hydrogen-bond donors (Lipinski definition) is 1. The van der Waals surface area contributed by atoms with Crippen molar-refractivity contribution in [2.24, 2.45) is 5.92 Å². The maximum atomic E-state index is 13.1. The first-order chi connectivity index (χ1) is 16.4. The summed E-state index contributed by atoms with van der Waals surface area (Å²) in [5.41, 5.74) is 0.772. The van der Waals surface area contributed by atoms with Gasteiger partial charge in [0.15, 0.2) is 0 Å². The van der Waals surface area contributed by atoms with Gasteiger partial charge >= 0.3 is 0 Å². The van der Waals surface area contributed by atoms with Crippen LogP contribution in [0.3, 0.4) is 0 Å². The smallest absolute Gasteiger partial charge is 0.261 e. The number of carbonyl (C=O) groups is 1. The molecule has 7 nitrogen and oxygen atoms in total. The minimum atomic E-state index is -3.84. The van der Waals surface area contributed by atoms with Gasteiger partial charge in [-0.25, -0.2) is 8.42 Å². The van der Waals surface area contributed by atoms with E-state index >= 15 is 0 Å². The Kier molecular flexibility index (Phi) is 7.37. The third-order valence-electron chi connectivity index (χ3n) is 5.86. The number of piperidine rings is 1. The SMILES string of the molecule is COc1ccc(NS(=O)(=O)c2cccc(C(=O)N3CCC(COc4ccccc4)CC3)c2)cc1. The Balaban J connectivity index is 1.36. The lowest BCUT2D eigenvalue weighted by Crippen LogP contribution is -2.39. The van der Waals surface area contributed by atoms with Gasteiger partial charge in [-0.1, -0.05) is 24.3 Å². The molecule has 1 aliphatic heterocycles. The highest BCUT2D eigenvalue weighted by atomic mass is 32.2. The van der Waals surface area contributed by atoms with Gasteiger partial charge in [0, 0.05) is 24.3 Å². The molecular formula is C26H28N2O5S. The van der Waals surface area contributed by atoms with E-state index in [1.165, 1.54) is 12.1 Å². The van der Waals surface area contributed by atoms with Crippen LogP contribution in [0.25, 0.3) is 0 Å². The van der Waals surface area contributed by atoms with Crippen molar-refractivity contribution in [3.63, 3.8) is 0 Å². The van der Waals surface area contributed by atoms with Crippen molar-refractivity contribution in [1.29, 1.82) is 0 Å². The third-order valence-corrected chi connectivity index (χ3v) is 7.24. The number of ether oxygens (including phenoxy) is 2. The lowest BCUT2D eigenvalue weighted by molar-refractivity contribution is 0.0661. The molecule has 1 amide bonds. The van der Waals surface area contributed by atoms with Crippen LogP contribution in [-0.2, 0) is 10.0 Å². The van der Waals surface area contributed by atoms with E-state index in [1.807, 2.05) is 30.3 Å². The largest absolute Gasteiger partial charge is 0.497 e. The first-order valence-corrected chi connectivity index (χ1v) is 12.7. The Hall–Kier alpha value is -3.52. The second kappa shape index (κ2) is 10.6. The standard InChI is InChI=1S/C26H28N2O5S/c1-32-23-12-10-22(11-13-23)27-34(30,31)25-9-5-6-21(18-25)26(29)28-16-14-20(15-17-28)19-33-24-7-3-2-4-8-24/h2-13,18,20,27H,14-17,19H2,1H3. The summed E-state index contributed by atoms with van der Waals surface area (Å²) < 4.78 is 39.2. The lowest BCUT2D eigenvalue weighted by Gasteiger charge is -2.32. The average molecular weight is 481 g/mol. The topological polar surface area (TPSA) is 84.9 Å². The number of amides is 1. The van der Waals surface area contributed by atoms with Crippen molar-refractivity contribution < 1.29 is 22.7 Å². The van der Waals surface area contributed by atoms with Crippen molar-refractivity contribution >= 4 is 21.6 Å². The fraction of sp³-hybridized carbons (Fsp3) is 0.269. The molecule has 3 aromatic carbocycles. The Morgan fingerprint density at radius 1 is 0.941 bits per heavy atom. The predicted octanol–water partition coefficient (Wildman–Crippen LogP) is 4.43. The predicted molar refractivity (Wildman–Crippen MR) is 131 cm³/mol. The van der Waals surface area contributed by atoms with Crippen molar-refractivity contribution in [1.82, 2.24) is 4.90 Å². The van der Waals surface area contributed by atoms with Gasteiger partial charge in [-0.15, -0.1) is 0 Å². The summed E-state index contributed by atoms with van der Waals surface area (Å²) in [4.78, 5) is 14.9. The zero-order chi connectivity index (χ0) is 24.0. The number of nitrogens with one attached hydrogen (secondary N) is 1. The fourth-order valence-electron chi connectivity index (χ4n) is 3.89. The molecule has 178 valence electrons. The van der Waals surface area contributed by atoms with Crippen LogP contribution in [0.5, 0.6) is 11.5 Å². The fourth-order valence-corrected chi connectivity index (χ4v) is 4.99. The minimum Gasteiger partial charge on any atom is -0.497 e. The summed E-state index contributed by atoms with van der Waals surface area (Å²) in [6.45, 7) is 1.85. The zero-order valence-corrected chi connectivity index (χ0v) is 19.8. The number of likely N-dealkylation sites (tertiary alicyclic amines) is 1. The first-order valence-electron chi connectivity index (χ1n) is 11.2.